The molecule has 1 amide bonds. The fourth-order valence-corrected chi connectivity index (χ4v) is 3.65. The largest absolute Gasteiger partial charge is 0.497 e. The van der Waals surface area contributed by atoms with Crippen LogP contribution in [-0.2, 0) is 4.79 Å². The van der Waals surface area contributed by atoms with Gasteiger partial charge in [0, 0.05) is 30.6 Å². The van der Waals surface area contributed by atoms with Crippen LogP contribution in [0.4, 0.5) is 5.69 Å². The molecule has 7 heteroatoms. The van der Waals surface area contributed by atoms with E-state index in [4.69, 9.17) is 14.0 Å². The van der Waals surface area contributed by atoms with Gasteiger partial charge in [0.2, 0.25) is 5.91 Å². The van der Waals surface area contributed by atoms with E-state index in [1.807, 2.05) is 24.3 Å². The maximum atomic E-state index is 12.6. The van der Waals surface area contributed by atoms with Gasteiger partial charge in [0.1, 0.15) is 11.5 Å². The predicted molar refractivity (Wildman–Crippen MR) is 113 cm³/mol. The first-order valence-corrected chi connectivity index (χ1v) is 9.96. The van der Waals surface area contributed by atoms with Crippen LogP contribution in [0.2, 0.25) is 0 Å². The SMILES string of the molecule is COc1ccc(-c2nc(C3CC(=O)N(c4ccc(C(C)C)cc4)C3)no2)c(OC)c1. The zero-order valence-electron chi connectivity index (χ0n) is 17.6. The number of ether oxygens (including phenoxy) is 2. The first-order chi connectivity index (χ1) is 14.5. The van der Waals surface area contributed by atoms with E-state index in [1.165, 1.54) is 5.56 Å². The van der Waals surface area contributed by atoms with Gasteiger partial charge in [-0.3, -0.25) is 4.79 Å². The molecule has 3 aromatic rings. The molecule has 1 aliphatic rings. The van der Waals surface area contributed by atoms with E-state index in [9.17, 15) is 4.79 Å². The van der Waals surface area contributed by atoms with E-state index in [0.29, 0.717) is 47.7 Å². The lowest BCUT2D eigenvalue weighted by molar-refractivity contribution is -0.117. The Morgan fingerprint density at radius 1 is 1.10 bits per heavy atom. The molecule has 1 aliphatic heterocycles. The molecule has 7 nitrogen and oxygen atoms in total. The van der Waals surface area contributed by atoms with Crippen molar-refractivity contribution in [2.45, 2.75) is 32.1 Å². The fourth-order valence-electron chi connectivity index (χ4n) is 3.65. The van der Waals surface area contributed by atoms with Crippen LogP contribution in [0.15, 0.2) is 47.0 Å². The summed E-state index contributed by atoms with van der Waals surface area (Å²) in [7, 11) is 3.17. The Balaban J connectivity index is 1.54. The van der Waals surface area contributed by atoms with Gasteiger partial charge in [-0.15, -0.1) is 0 Å². The second-order valence-corrected chi connectivity index (χ2v) is 7.68. The van der Waals surface area contributed by atoms with Crippen molar-refractivity contribution in [3.63, 3.8) is 0 Å². The van der Waals surface area contributed by atoms with E-state index >= 15 is 0 Å². The highest BCUT2D eigenvalue weighted by atomic mass is 16.5. The maximum absolute atomic E-state index is 12.6. The number of carbonyl (C=O) groups is 1. The van der Waals surface area contributed by atoms with Crippen LogP contribution >= 0.6 is 0 Å². The van der Waals surface area contributed by atoms with E-state index in [-0.39, 0.29) is 11.8 Å². The molecule has 2 heterocycles. The monoisotopic (exact) mass is 407 g/mol. The van der Waals surface area contributed by atoms with Crippen molar-refractivity contribution in [3.05, 3.63) is 53.9 Å². The van der Waals surface area contributed by atoms with E-state index < -0.39 is 0 Å². The van der Waals surface area contributed by atoms with E-state index in [0.717, 1.165) is 5.69 Å². The molecule has 0 aliphatic carbocycles. The average Bonchev–Trinajstić information content (AvgIpc) is 3.40. The third-order valence-electron chi connectivity index (χ3n) is 5.44. The lowest BCUT2D eigenvalue weighted by atomic mass is 10.0. The number of carbonyl (C=O) groups excluding carboxylic acids is 1. The summed E-state index contributed by atoms with van der Waals surface area (Å²) < 4.78 is 16.1. The van der Waals surface area contributed by atoms with Crippen molar-refractivity contribution < 1.29 is 18.8 Å². The number of benzene rings is 2. The number of methoxy groups -OCH3 is 2. The lowest BCUT2D eigenvalue weighted by Crippen LogP contribution is -2.24. The smallest absolute Gasteiger partial charge is 0.261 e. The highest BCUT2D eigenvalue weighted by Crippen LogP contribution is 2.35. The van der Waals surface area contributed by atoms with Crippen LogP contribution in [0.25, 0.3) is 11.5 Å². The van der Waals surface area contributed by atoms with Crippen molar-refractivity contribution in [2.75, 3.05) is 25.7 Å². The Bertz CT molecular complexity index is 1040. The van der Waals surface area contributed by atoms with Gasteiger partial charge in [-0.25, -0.2) is 0 Å². The molecule has 1 aromatic heterocycles. The highest BCUT2D eigenvalue weighted by molar-refractivity contribution is 5.96. The molecule has 2 aromatic carbocycles. The Kier molecular flexibility index (Phi) is 5.44. The Morgan fingerprint density at radius 2 is 1.87 bits per heavy atom. The summed E-state index contributed by atoms with van der Waals surface area (Å²) in [5.74, 6) is 2.53. The van der Waals surface area contributed by atoms with E-state index in [2.05, 4.69) is 36.1 Å². The van der Waals surface area contributed by atoms with Crippen LogP contribution in [0, 0.1) is 0 Å². The molecule has 1 atom stereocenters. The average molecular weight is 407 g/mol. The second kappa shape index (κ2) is 8.18. The normalized spacial score (nSPS) is 16.4. The highest BCUT2D eigenvalue weighted by Gasteiger charge is 2.34. The van der Waals surface area contributed by atoms with Gasteiger partial charge in [0.05, 0.1) is 19.8 Å². The third-order valence-corrected chi connectivity index (χ3v) is 5.44. The Hall–Kier alpha value is -3.35. The first-order valence-electron chi connectivity index (χ1n) is 9.96. The first kappa shape index (κ1) is 19.9. The molecule has 30 heavy (non-hydrogen) atoms. The molecule has 0 bridgehead atoms. The standard InChI is InChI=1S/C23H25N3O4/c1-14(2)15-5-7-17(8-6-15)26-13-16(11-21(26)27)22-24-23(30-25-22)19-10-9-18(28-3)12-20(19)29-4/h5-10,12,14,16H,11,13H2,1-4H3. The zero-order valence-corrected chi connectivity index (χ0v) is 17.6. The molecule has 1 saturated heterocycles. The fraction of sp³-hybridized carbons (Fsp3) is 0.348. The topological polar surface area (TPSA) is 77.7 Å². The second-order valence-electron chi connectivity index (χ2n) is 7.68. The van der Waals surface area contributed by atoms with Gasteiger partial charge in [-0.1, -0.05) is 31.1 Å². The number of nitrogens with zero attached hydrogens (tertiary/aromatic N) is 3. The van der Waals surface area contributed by atoms with Crippen molar-refractivity contribution in [1.82, 2.24) is 10.1 Å². The van der Waals surface area contributed by atoms with Gasteiger partial charge < -0.3 is 18.9 Å². The number of aromatic nitrogens is 2. The molecule has 0 N–H and O–H groups in total. The number of anilines is 1. The van der Waals surface area contributed by atoms with Crippen molar-refractivity contribution in [3.8, 4) is 23.0 Å². The van der Waals surface area contributed by atoms with Crippen LogP contribution in [0.3, 0.4) is 0 Å². The maximum Gasteiger partial charge on any atom is 0.261 e. The molecular weight excluding hydrogens is 382 g/mol. The van der Waals surface area contributed by atoms with Gasteiger partial charge >= 0.3 is 0 Å². The Morgan fingerprint density at radius 3 is 2.53 bits per heavy atom. The predicted octanol–water partition coefficient (Wildman–Crippen LogP) is 4.40. The summed E-state index contributed by atoms with van der Waals surface area (Å²) in [5.41, 5.74) is 2.83. The van der Waals surface area contributed by atoms with Crippen LogP contribution in [0.5, 0.6) is 11.5 Å². The summed E-state index contributed by atoms with van der Waals surface area (Å²) in [4.78, 5) is 19.0. The van der Waals surface area contributed by atoms with Crippen molar-refractivity contribution in [1.29, 1.82) is 0 Å². The lowest BCUT2D eigenvalue weighted by Gasteiger charge is -2.17. The molecule has 0 radical (unpaired) electrons. The minimum atomic E-state index is -0.121. The van der Waals surface area contributed by atoms with Crippen LogP contribution in [0.1, 0.15) is 43.5 Å². The quantitative estimate of drug-likeness (QED) is 0.603. The van der Waals surface area contributed by atoms with Crippen molar-refractivity contribution in [2.24, 2.45) is 0 Å². The van der Waals surface area contributed by atoms with Gasteiger partial charge in [-0.05, 0) is 35.7 Å². The summed E-state index contributed by atoms with van der Waals surface area (Å²) in [5, 5.41) is 4.14. The van der Waals surface area contributed by atoms with Crippen molar-refractivity contribution >= 4 is 11.6 Å². The third kappa shape index (κ3) is 3.75. The van der Waals surface area contributed by atoms with Gasteiger partial charge in [0.15, 0.2) is 5.82 Å². The Labute approximate surface area is 175 Å². The van der Waals surface area contributed by atoms with Gasteiger partial charge in [-0.2, -0.15) is 4.98 Å². The summed E-state index contributed by atoms with van der Waals surface area (Å²) >= 11 is 0. The molecule has 1 fully saturated rings. The summed E-state index contributed by atoms with van der Waals surface area (Å²) in [6.07, 6.45) is 0.352. The molecule has 156 valence electrons. The summed E-state index contributed by atoms with van der Waals surface area (Å²) in [6.45, 7) is 4.83. The van der Waals surface area contributed by atoms with Crippen LogP contribution in [-0.4, -0.2) is 36.8 Å². The van der Waals surface area contributed by atoms with Gasteiger partial charge in [0.25, 0.3) is 5.89 Å². The summed E-state index contributed by atoms with van der Waals surface area (Å²) in [6, 6.07) is 13.5. The minimum absolute atomic E-state index is 0.0608. The molecule has 0 spiro atoms. The molecule has 1 unspecified atom stereocenters. The number of hydrogen-bond acceptors (Lipinski definition) is 6. The van der Waals surface area contributed by atoms with Crippen LogP contribution < -0.4 is 14.4 Å². The molecule has 4 rings (SSSR count). The number of hydrogen-bond donors (Lipinski definition) is 0. The zero-order chi connectivity index (χ0) is 21.3. The number of rotatable bonds is 6. The minimum Gasteiger partial charge on any atom is -0.497 e. The molecular formula is C23H25N3O4. The van der Waals surface area contributed by atoms with E-state index in [1.54, 1.807) is 25.2 Å². The molecule has 0 saturated carbocycles. The number of amides is 1.